The Labute approximate surface area is 131 Å². The number of aryl methyl sites for hydroxylation is 1. The molecule has 0 spiro atoms. The molecule has 0 aliphatic carbocycles. The van der Waals surface area contributed by atoms with Crippen LogP contribution in [0, 0.1) is 12.3 Å². The zero-order valence-electron chi connectivity index (χ0n) is 13.0. The highest BCUT2D eigenvalue weighted by Gasteiger charge is 2.30. The van der Waals surface area contributed by atoms with Crippen molar-refractivity contribution in [1.29, 1.82) is 0 Å². The molecular weight excluding hydrogens is 306 g/mol. The first-order chi connectivity index (χ1) is 9.66. The fourth-order valence-corrected chi connectivity index (χ4v) is 5.43. The van der Waals surface area contributed by atoms with Crippen LogP contribution in [0.1, 0.15) is 37.6 Å². The number of hydrogen-bond donors (Lipinski definition) is 1. The maximum absolute atomic E-state index is 12.7. The highest BCUT2D eigenvalue weighted by Crippen LogP contribution is 2.33. The largest absolute Gasteiger partial charge is 0.391 e. The van der Waals surface area contributed by atoms with Crippen LogP contribution in [0.25, 0.3) is 0 Å². The van der Waals surface area contributed by atoms with E-state index in [4.69, 9.17) is 0 Å². The molecule has 118 valence electrons. The second-order valence-corrected chi connectivity index (χ2v) is 9.72. The summed E-state index contributed by atoms with van der Waals surface area (Å²) in [5, 5.41) is 9.22. The van der Waals surface area contributed by atoms with E-state index >= 15 is 0 Å². The van der Waals surface area contributed by atoms with Gasteiger partial charge in [0.25, 0.3) is 10.0 Å². The molecule has 0 fully saturated rings. The number of aliphatic hydroxyl groups is 1. The Morgan fingerprint density at radius 2 is 2.05 bits per heavy atom. The lowest BCUT2D eigenvalue weighted by atomic mass is 9.83. The van der Waals surface area contributed by atoms with E-state index in [-0.39, 0.29) is 12.0 Å². The lowest BCUT2D eigenvalue weighted by Gasteiger charge is -2.31. The lowest BCUT2D eigenvalue weighted by Crippen LogP contribution is -2.36. The third-order valence-electron chi connectivity index (χ3n) is 3.87. The summed E-state index contributed by atoms with van der Waals surface area (Å²) in [6.07, 6.45) is 2.81. The molecule has 21 heavy (non-hydrogen) atoms. The molecule has 2 rings (SSSR count). The lowest BCUT2D eigenvalue weighted by molar-refractivity contribution is 0.285. The minimum absolute atomic E-state index is 0.0967. The standard InChI is InChI=1S/C15H23NO3S2/c1-11-9-14(20-13(11)10-17)21(18,19)16-7-5-12(6-8-16)15(2,3)4/h5,9,17H,6-8,10H2,1-4H3. The van der Waals surface area contributed by atoms with E-state index in [0.717, 1.165) is 16.9 Å². The van der Waals surface area contributed by atoms with Crippen LogP contribution in [0.5, 0.6) is 0 Å². The summed E-state index contributed by atoms with van der Waals surface area (Å²) >= 11 is 1.17. The van der Waals surface area contributed by atoms with Crippen LogP contribution in [-0.2, 0) is 16.6 Å². The molecule has 0 saturated carbocycles. The van der Waals surface area contributed by atoms with Gasteiger partial charge in [-0.25, -0.2) is 8.42 Å². The molecule has 1 aromatic heterocycles. The minimum Gasteiger partial charge on any atom is -0.391 e. The van der Waals surface area contributed by atoms with Crippen LogP contribution in [0.3, 0.4) is 0 Å². The third-order valence-corrected chi connectivity index (χ3v) is 7.41. The Morgan fingerprint density at radius 1 is 1.38 bits per heavy atom. The summed E-state index contributed by atoms with van der Waals surface area (Å²) in [6.45, 7) is 9.13. The van der Waals surface area contributed by atoms with E-state index in [2.05, 4.69) is 20.8 Å². The molecule has 1 N–H and O–H groups in total. The Balaban J connectivity index is 2.24. The van der Waals surface area contributed by atoms with Gasteiger partial charge in [-0.1, -0.05) is 32.4 Å². The van der Waals surface area contributed by atoms with Crippen molar-refractivity contribution in [2.45, 2.75) is 44.9 Å². The number of nitrogens with zero attached hydrogens (tertiary/aromatic N) is 1. The van der Waals surface area contributed by atoms with Gasteiger partial charge < -0.3 is 5.11 Å². The number of rotatable bonds is 3. The fourth-order valence-electron chi connectivity index (χ4n) is 2.45. The van der Waals surface area contributed by atoms with Crippen LogP contribution < -0.4 is 0 Å². The average Bonchev–Trinajstić information content (AvgIpc) is 2.80. The number of hydrogen-bond acceptors (Lipinski definition) is 4. The molecule has 0 aromatic carbocycles. The van der Waals surface area contributed by atoms with Crippen molar-refractivity contribution >= 4 is 21.4 Å². The predicted molar refractivity (Wildman–Crippen MR) is 85.9 cm³/mol. The van der Waals surface area contributed by atoms with Crippen molar-refractivity contribution in [2.75, 3.05) is 13.1 Å². The number of thiophene rings is 1. The van der Waals surface area contributed by atoms with Gasteiger partial charge in [-0.15, -0.1) is 11.3 Å². The molecule has 4 nitrogen and oxygen atoms in total. The van der Waals surface area contributed by atoms with Crippen molar-refractivity contribution in [3.05, 3.63) is 28.2 Å². The molecule has 1 aliphatic heterocycles. The van der Waals surface area contributed by atoms with Crippen LogP contribution in [0.4, 0.5) is 0 Å². The maximum Gasteiger partial charge on any atom is 0.252 e. The molecule has 0 bridgehead atoms. The Bertz CT molecular complexity index is 651. The summed E-state index contributed by atoms with van der Waals surface area (Å²) in [6, 6.07) is 1.66. The van der Waals surface area contributed by atoms with E-state index in [0.29, 0.717) is 17.3 Å². The summed E-state index contributed by atoms with van der Waals surface area (Å²) in [5.74, 6) is 0. The van der Waals surface area contributed by atoms with E-state index in [1.165, 1.54) is 21.2 Å². The molecule has 1 aromatic rings. The summed E-state index contributed by atoms with van der Waals surface area (Å²) in [5.41, 5.74) is 2.25. The quantitative estimate of drug-likeness (QED) is 0.868. The molecule has 6 heteroatoms. The molecule has 0 saturated heterocycles. The molecular formula is C15H23NO3S2. The molecule has 0 atom stereocenters. The first-order valence-electron chi connectivity index (χ1n) is 7.06. The van der Waals surface area contributed by atoms with Crippen LogP contribution in [-0.4, -0.2) is 30.9 Å². The van der Waals surface area contributed by atoms with Crippen LogP contribution >= 0.6 is 11.3 Å². The minimum atomic E-state index is -3.45. The summed E-state index contributed by atoms with van der Waals surface area (Å²) in [7, 11) is -3.45. The Hall–Kier alpha value is -0.690. The van der Waals surface area contributed by atoms with Crippen molar-refractivity contribution < 1.29 is 13.5 Å². The van der Waals surface area contributed by atoms with Crippen molar-refractivity contribution in [3.8, 4) is 0 Å². The average molecular weight is 329 g/mol. The third kappa shape index (κ3) is 3.39. The number of sulfonamides is 1. The van der Waals surface area contributed by atoms with Crippen molar-refractivity contribution in [1.82, 2.24) is 4.31 Å². The predicted octanol–water partition coefficient (Wildman–Crippen LogP) is 2.92. The van der Waals surface area contributed by atoms with Gasteiger partial charge in [0.05, 0.1) is 6.61 Å². The number of aliphatic hydroxyl groups excluding tert-OH is 1. The second kappa shape index (κ2) is 5.83. The molecule has 2 heterocycles. The SMILES string of the molecule is Cc1cc(S(=O)(=O)N2CC=C(C(C)(C)C)CC2)sc1CO. The van der Waals surface area contributed by atoms with Gasteiger partial charge in [-0.3, -0.25) is 0 Å². The highest BCUT2D eigenvalue weighted by atomic mass is 32.2. The molecule has 0 amide bonds. The maximum atomic E-state index is 12.7. The summed E-state index contributed by atoms with van der Waals surface area (Å²) < 4.78 is 27.2. The smallest absolute Gasteiger partial charge is 0.252 e. The first kappa shape index (κ1) is 16.7. The zero-order chi connectivity index (χ0) is 15.8. The molecule has 0 unspecified atom stereocenters. The van der Waals surface area contributed by atoms with Crippen molar-refractivity contribution in [2.24, 2.45) is 5.41 Å². The van der Waals surface area contributed by atoms with E-state index in [1.54, 1.807) is 6.07 Å². The monoisotopic (exact) mass is 329 g/mol. The van der Waals surface area contributed by atoms with Gasteiger partial charge in [0.2, 0.25) is 0 Å². The van der Waals surface area contributed by atoms with E-state index in [1.807, 2.05) is 13.0 Å². The van der Waals surface area contributed by atoms with Crippen molar-refractivity contribution in [3.63, 3.8) is 0 Å². The van der Waals surface area contributed by atoms with E-state index in [9.17, 15) is 13.5 Å². The van der Waals surface area contributed by atoms with Gasteiger partial charge in [-0.05, 0) is 30.4 Å². The van der Waals surface area contributed by atoms with Gasteiger partial charge in [0, 0.05) is 18.0 Å². The second-order valence-electron chi connectivity index (χ2n) is 6.42. The van der Waals surface area contributed by atoms with Gasteiger partial charge in [0.15, 0.2) is 0 Å². The summed E-state index contributed by atoms with van der Waals surface area (Å²) in [4.78, 5) is 0.719. The van der Waals surface area contributed by atoms with Crippen LogP contribution in [0.2, 0.25) is 0 Å². The fraction of sp³-hybridized carbons (Fsp3) is 0.600. The topological polar surface area (TPSA) is 57.6 Å². The molecule has 1 aliphatic rings. The van der Waals surface area contributed by atoms with Crippen LogP contribution in [0.15, 0.2) is 21.9 Å². The first-order valence-corrected chi connectivity index (χ1v) is 9.31. The van der Waals surface area contributed by atoms with Gasteiger partial charge in [0.1, 0.15) is 4.21 Å². The zero-order valence-corrected chi connectivity index (χ0v) is 14.6. The Morgan fingerprint density at radius 3 is 2.48 bits per heavy atom. The van der Waals surface area contributed by atoms with Gasteiger partial charge >= 0.3 is 0 Å². The molecule has 0 radical (unpaired) electrons. The normalized spacial score (nSPS) is 17.9. The Kier molecular flexibility index (Phi) is 4.63. The van der Waals surface area contributed by atoms with E-state index < -0.39 is 10.0 Å². The van der Waals surface area contributed by atoms with Gasteiger partial charge in [-0.2, -0.15) is 4.31 Å². The highest BCUT2D eigenvalue weighted by molar-refractivity contribution is 7.91.